The van der Waals surface area contributed by atoms with Crippen molar-refractivity contribution < 1.29 is 19.4 Å². The molecule has 2 atom stereocenters. The van der Waals surface area contributed by atoms with Crippen molar-refractivity contribution >= 4 is 34.8 Å². The van der Waals surface area contributed by atoms with Crippen LogP contribution in [0.5, 0.6) is 0 Å². The highest BCUT2D eigenvalue weighted by molar-refractivity contribution is 7.13. The number of thiazole rings is 1. The van der Waals surface area contributed by atoms with E-state index in [0.717, 1.165) is 10.6 Å². The normalized spacial score (nSPS) is 19.7. The fourth-order valence-corrected chi connectivity index (χ4v) is 4.29. The van der Waals surface area contributed by atoms with E-state index in [-0.39, 0.29) is 30.9 Å². The van der Waals surface area contributed by atoms with Gasteiger partial charge in [0.25, 0.3) is 0 Å². The van der Waals surface area contributed by atoms with Crippen LogP contribution in [0.1, 0.15) is 18.5 Å². The topological polar surface area (TPSA) is 79.7 Å². The molecule has 26 heavy (non-hydrogen) atoms. The number of aromatic nitrogens is 1. The maximum atomic E-state index is 12.7. The van der Waals surface area contributed by atoms with Crippen molar-refractivity contribution in [1.82, 2.24) is 9.88 Å². The molecule has 1 aliphatic rings. The van der Waals surface area contributed by atoms with Crippen LogP contribution in [0.15, 0.2) is 29.6 Å². The summed E-state index contributed by atoms with van der Waals surface area (Å²) >= 11 is 7.63. The number of aliphatic carboxylic acids is 1. The van der Waals surface area contributed by atoms with Crippen LogP contribution in [0.2, 0.25) is 5.02 Å². The maximum absolute atomic E-state index is 12.7. The Bertz CT molecular complexity index is 810. The number of nitrogens with zero attached hydrogens (tertiary/aromatic N) is 2. The van der Waals surface area contributed by atoms with E-state index in [1.807, 2.05) is 23.6 Å². The van der Waals surface area contributed by atoms with Gasteiger partial charge in [0.15, 0.2) is 0 Å². The predicted molar refractivity (Wildman–Crippen MR) is 99.4 cm³/mol. The zero-order valence-corrected chi connectivity index (χ0v) is 15.8. The van der Waals surface area contributed by atoms with Crippen molar-refractivity contribution in [1.29, 1.82) is 0 Å². The number of halogens is 1. The summed E-state index contributed by atoms with van der Waals surface area (Å²) in [5, 5.41) is 12.3. The SMILES string of the molecule is COC1CC(CC(=O)O)N(C(=O)Cc2csc(-c3ccccc3Cl)n2)C1. The Morgan fingerprint density at radius 3 is 2.88 bits per heavy atom. The molecule has 2 heterocycles. The Balaban J connectivity index is 1.71. The van der Waals surface area contributed by atoms with Gasteiger partial charge < -0.3 is 14.7 Å². The average Bonchev–Trinajstić information content (AvgIpc) is 3.21. The first kappa shape index (κ1) is 18.8. The number of likely N-dealkylation sites (tertiary alicyclic amines) is 1. The van der Waals surface area contributed by atoms with Gasteiger partial charge in [-0.15, -0.1) is 11.3 Å². The first-order valence-electron chi connectivity index (χ1n) is 8.21. The van der Waals surface area contributed by atoms with Gasteiger partial charge in [0, 0.05) is 30.6 Å². The number of methoxy groups -OCH3 is 1. The van der Waals surface area contributed by atoms with Crippen LogP contribution in [0.25, 0.3) is 10.6 Å². The summed E-state index contributed by atoms with van der Waals surface area (Å²) in [5.74, 6) is -1.05. The number of carbonyl (C=O) groups excluding carboxylic acids is 1. The molecule has 1 aliphatic heterocycles. The van der Waals surface area contributed by atoms with Gasteiger partial charge in [0.05, 0.1) is 29.7 Å². The van der Waals surface area contributed by atoms with Crippen LogP contribution in [0, 0.1) is 0 Å². The molecular formula is C18H19ClN2O4S. The minimum atomic E-state index is -0.917. The Morgan fingerprint density at radius 2 is 2.19 bits per heavy atom. The molecule has 6 nitrogen and oxygen atoms in total. The lowest BCUT2D eigenvalue weighted by Crippen LogP contribution is -2.38. The zero-order valence-electron chi connectivity index (χ0n) is 14.2. The summed E-state index contributed by atoms with van der Waals surface area (Å²) in [6.07, 6.45) is 0.467. The minimum absolute atomic E-state index is 0.0759. The van der Waals surface area contributed by atoms with Gasteiger partial charge in [0.2, 0.25) is 5.91 Å². The molecule has 0 bridgehead atoms. The largest absolute Gasteiger partial charge is 0.481 e. The number of amides is 1. The lowest BCUT2D eigenvalue weighted by Gasteiger charge is -2.22. The van der Waals surface area contributed by atoms with Gasteiger partial charge in [-0.2, -0.15) is 0 Å². The van der Waals surface area contributed by atoms with Gasteiger partial charge in [0.1, 0.15) is 5.01 Å². The number of hydrogen-bond donors (Lipinski definition) is 1. The zero-order chi connectivity index (χ0) is 18.7. The summed E-state index contributed by atoms with van der Waals surface area (Å²) in [4.78, 5) is 29.9. The fourth-order valence-electron chi connectivity index (χ4n) is 3.15. The van der Waals surface area contributed by atoms with Crippen molar-refractivity contribution in [3.63, 3.8) is 0 Å². The van der Waals surface area contributed by atoms with E-state index in [1.165, 1.54) is 11.3 Å². The number of carboxylic acids is 1. The molecule has 138 valence electrons. The van der Waals surface area contributed by atoms with Gasteiger partial charge >= 0.3 is 5.97 Å². The summed E-state index contributed by atoms with van der Waals surface area (Å²) in [6.45, 7) is 0.411. The van der Waals surface area contributed by atoms with E-state index in [1.54, 1.807) is 18.1 Å². The molecule has 2 unspecified atom stereocenters. The van der Waals surface area contributed by atoms with Crippen LogP contribution in [-0.2, 0) is 20.7 Å². The third-order valence-electron chi connectivity index (χ3n) is 4.43. The molecule has 0 saturated carbocycles. The summed E-state index contributed by atoms with van der Waals surface area (Å²) in [6, 6.07) is 7.09. The molecular weight excluding hydrogens is 376 g/mol. The van der Waals surface area contributed by atoms with E-state index in [4.69, 9.17) is 21.4 Å². The van der Waals surface area contributed by atoms with Crippen LogP contribution in [-0.4, -0.2) is 52.7 Å². The molecule has 0 radical (unpaired) electrons. The standard InChI is InChI=1S/C18H19ClN2O4S/c1-25-13-7-12(8-17(23)24)21(9-13)16(22)6-11-10-26-18(20-11)14-4-2-3-5-15(14)19/h2-5,10,12-13H,6-9H2,1H3,(H,23,24). The van der Waals surface area contributed by atoms with Crippen molar-refractivity contribution in [3.8, 4) is 10.6 Å². The molecule has 1 fully saturated rings. The number of ether oxygens (including phenoxy) is 1. The van der Waals surface area contributed by atoms with Crippen LogP contribution >= 0.6 is 22.9 Å². The number of rotatable bonds is 6. The second kappa shape index (κ2) is 8.16. The smallest absolute Gasteiger partial charge is 0.305 e. The van der Waals surface area contributed by atoms with Gasteiger partial charge in [-0.25, -0.2) is 4.98 Å². The van der Waals surface area contributed by atoms with E-state index in [0.29, 0.717) is 23.7 Å². The molecule has 2 aromatic rings. The predicted octanol–water partition coefficient (Wildman–Crippen LogP) is 3.10. The highest BCUT2D eigenvalue weighted by Gasteiger charge is 2.36. The highest BCUT2D eigenvalue weighted by atomic mass is 35.5. The van der Waals surface area contributed by atoms with E-state index in [9.17, 15) is 9.59 Å². The van der Waals surface area contributed by atoms with Crippen molar-refractivity contribution in [2.24, 2.45) is 0 Å². The second-order valence-electron chi connectivity index (χ2n) is 6.19. The molecule has 0 aliphatic carbocycles. The molecule has 3 rings (SSSR count). The first-order chi connectivity index (χ1) is 12.5. The molecule has 1 aromatic heterocycles. The molecule has 0 spiro atoms. The number of hydrogen-bond acceptors (Lipinski definition) is 5. The number of carboxylic acid groups (broad SMARTS) is 1. The van der Waals surface area contributed by atoms with Gasteiger partial charge in [-0.1, -0.05) is 29.8 Å². The fraction of sp³-hybridized carbons (Fsp3) is 0.389. The summed E-state index contributed by atoms with van der Waals surface area (Å²) in [5.41, 5.74) is 1.49. The number of benzene rings is 1. The Labute approximate surface area is 160 Å². The summed E-state index contributed by atoms with van der Waals surface area (Å²) in [7, 11) is 1.58. The lowest BCUT2D eigenvalue weighted by atomic mass is 10.1. The summed E-state index contributed by atoms with van der Waals surface area (Å²) < 4.78 is 5.31. The van der Waals surface area contributed by atoms with Crippen molar-refractivity contribution in [2.75, 3.05) is 13.7 Å². The minimum Gasteiger partial charge on any atom is -0.481 e. The van der Waals surface area contributed by atoms with Crippen molar-refractivity contribution in [2.45, 2.75) is 31.4 Å². The third-order valence-corrected chi connectivity index (χ3v) is 5.68. The molecule has 8 heteroatoms. The van der Waals surface area contributed by atoms with E-state index >= 15 is 0 Å². The Hall–Kier alpha value is -1.96. The van der Waals surface area contributed by atoms with E-state index in [2.05, 4.69) is 4.98 Å². The maximum Gasteiger partial charge on any atom is 0.305 e. The lowest BCUT2D eigenvalue weighted by molar-refractivity contribution is -0.139. The molecule has 1 N–H and O–H groups in total. The highest BCUT2D eigenvalue weighted by Crippen LogP contribution is 2.30. The average molecular weight is 395 g/mol. The third kappa shape index (κ3) is 4.23. The van der Waals surface area contributed by atoms with Gasteiger partial charge in [-0.3, -0.25) is 9.59 Å². The quantitative estimate of drug-likeness (QED) is 0.814. The molecule has 1 aromatic carbocycles. The van der Waals surface area contributed by atoms with E-state index < -0.39 is 5.97 Å². The molecule has 1 saturated heterocycles. The van der Waals surface area contributed by atoms with Crippen LogP contribution in [0.3, 0.4) is 0 Å². The van der Waals surface area contributed by atoms with Gasteiger partial charge in [-0.05, 0) is 12.5 Å². The van der Waals surface area contributed by atoms with Crippen molar-refractivity contribution in [3.05, 3.63) is 40.4 Å². The monoisotopic (exact) mass is 394 g/mol. The Kier molecular flexibility index (Phi) is 5.90. The molecule has 1 amide bonds. The van der Waals surface area contributed by atoms with Crippen LogP contribution < -0.4 is 0 Å². The first-order valence-corrected chi connectivity index (χ1v) is 9.47. The second-order valence-corrected chi connectivity index (χ2v) is 7.46. The Morgan fingerprint density at radius 1 is 1.42 bits per heavy atom. The van der Waals surface area contributed by atoms with Crippen LogP contribution in [0.4, 0.5) is 0 Å². The number of carbonyl (C=O) groups is 2.